The highest BCUT2D eigenvalue weighted by atomic mass is 16.5. The molecule has 0 bridgehead atoms. The van der Waals surface area contributed by atoms with Crippen LogP contribution in [0.3, 0.4) is 0 Å². The third-order valence-corrected chi connectivity index (χ3v) is 8.54. The molecule has 1 saturated carbocycles. The maximum atomic E-state index is 13.6. The van der Waals surface area contributed by atoms with Gasteiger partial charge in [0.1, 0.15) is 11.1 Å². The highest BCUT2D eigenvalue weighted by Crippen LogP contribution is 2.37. The number of nitrogens with zero attached hydrogens (tertiary/aromatic N) is 6. The molecular weight excluding hydrogens is 556 g/mol. The fourth-order valence-electron chi connectivity index (χ4n) is 5.87. The van der Waals surface area contributed by atoms with Crippen LogP contribution in [0.5, 0.6) is 5.75 Å². The lowest BCUT2D eigenvalue weighted by molar-refractivity contribution is -0.121. The lowest BCUT2D eigenvalue weighted by atomic mass is 10.2. The van der Waals surface area contributed by atoms with E-state index >= 15 is 0 Å². The number of carbonyl (C=O) groups excluding carboxylic acids is 1. The van der Waals surface area contributed by atoms with Gasteiger partial charge in [-0.15, -0.1) is 0 Å². The van der Waals surface area contributed by atoms with Crippen molar-refractivity contribution in [3.8, 4) is 11.4 Å². The van der Waals surface area contributed by atoms with Crippen molar-refractivity contribution in [2.24, 2.45) is 5.73 Å². The number of aromatic nitrogens is 5. The Morgan fingerprint density at radius 2 is 1.98 bits per heavy atom. The van der Waals surface area contributed by atoms with E-state index in [-0.39, 0.29) is 23.6 Å². The number of aryl methyl sites for hydroxylation is 1. The van der Waals surface area contributed by atoms with Gasteiger partial charge in [0, 0.05) is 47.6 Å². The third kappa shape index (κ3) is 5.02. The highest BCUT2D eigenvalue weighted by Gasteiger charge is 2.37. The van der Waals surface area contributed by atoms with Crippen molar-refractivity contribution in [3.63, 3.8) is 0 Å². The first-order chi connectivity index (χ1) is 21.4. The number of rotatable bonds is 10. The minimum atomic E-state index is -0.201. The van der Waals surface area contributed by atoms with Gasteiger partial charge in [0.15, 0.2) is 12.3 Å². The van der Waals surface area contributed by atoms with E-state index in [0.29, 0.717) is 47.2 Å². The van der Waals surface area contributed by atoms with Crippen molar-refractivity contribution in [2.75, 3.05) is 23.4 Å². The predicted molar refractivity (Wildman–Crippen MR) is 172 cm³/mol. The second-order valence-electron chi connectivity index (χ2n) is 11.7. The molecule has 2 aromatic carbocycles. The Bertz CT molecular complexity index is 1980. The van der Waals surface area contributed by atoms with Crippen LogP contribution < -0.4 is 26.2 Å². The molecule has 0 spiro atoms. The van der Waals surface area contributed by atoms with Gasteiger partial charge in [-0.25, -0.2) is 14.3 Å². The number of nitrogens with one attached hydrogen (secondary N) is 1. The normalized spacial score (nSPS) is 15.7. The molecule has 0 radical (unpaired) electrons. The fraction of sp³-hybridized carbons (Fsp3) is 0.333. The Morgan fingerprint density at radius 1 is 1.11 bits per heavy atom. The first-order valence-corrected chi connectivity index (χ1v) is 15.2. The summed E-state index contributed by atoms with van der Waals surface area (Å²) in [5.74, 6) is 0.917. The summed E-state index contributed by atoms with van der Waals surface area (Å²) in [7, 11) is 0. The van der Waals surface area contributed by atoms with Crippen molar-refractivity contribution in [3.05, 3.63) is 77.4 Å². The van der Waals surface area contributed by atoms with E-state index in [9.17, 15) is 9.59 Å². The van der Waals surface area contributed by atoms with Gasteiger partial charge in [-0.3, -0.25) is 9.59 Å². The third-order valence-electron chi connectivity index (χ3n) is 8.54. The number of carbonyl (C=O) groups is 1. The molecule has 1 aliphatic carbocycles. The van der Waals surface area contributed by atoms with Gasteiger partial charge in [0.2, 0.25) is 5.95 Å². The Hall–Kier alpha value is -4.90. The average Bonchev–Trinajstić information content (AvgIpc) is 3.52. The standard InChI is InChI=1S/C33H36N8O3/c1-3-5-15-40-31(43)25-20-35-32(36-23-6-8-26-22(18-23)10-16-38(26)17-13-33(34)11-12-33)37-30(25)41(40)24-7-9-28-27(19-24)39(14-4-2)29(42)21-44-28/h3,5-10,16,18-20H,4,11-15,17,21,34H2,1-2H3,(H,35,36,37)/b5-3-. The molecule has 3 N–H and O–H groups in total. The molecule has 5 aromatic rings. The number of amides is 1. The molecule has 1 amide bonds. The van der Waals surface area contributed by atoms with Crippen LogP contribution in [0, 0.1) is 0 Å². The largest absolute Gasteiger partial charge is 0.482 e. The van der Waals surface area contributed by atoms with E-state index < -0.39 is 0 Å². The molecule has 1 fully saturated rings. The Morgan fingerprint density at radius 3 is 2.77 bits per heavy atom. The van der Waals surface area contributed by atoms with Crippen molar-refractivity contribution < 1.29 is 9.53 Å². The monoisotopic (exact) mass is 592 g/mol. The number of anilines is 3. The van der Waals surface area contributed by atoms with Crippen molar-refractivity contribution >= 4 is 45.2 Å². The van der Waals surface area contributed by atoms with Crippen molar-refractivity contribution in [2.45, 2.75) is 58.2 Å². The predicted octanol–water partition coefficient (Wildman–Crippen LogP) is 4.87. The fourth-order valence-corrected chi connectivity index (χ4v) is 5.87. The molecular formula is C33H36N8O3. The second-order valence-corrected chi connectivity index (χ2v) is 11.7. The topological polar surface area (TPSA) is 125 Å². The number of allylic oxidation sites excluding steroid dienone is 2. The summed E-state index contributed by atoms with van der Waals surface area (Å²) in [5, 5.41) is 4.84. The number of benzene rings is 2. The molecule has 11 heteroatoms. The molecule has 44 heavy (non-hydrogen) atoms. The van der Waals surface area contributed by atoms with Crippen molar-refractivity contribution in [1.29, 1.82) is 0 Å². The summed E-state index contributed by atoms with van der Waals surface area (Å²) in [6, 6.07) is 13.9. The maximum absolute atomic E-state index is 13.6. The van der Waals surface area contributed by atoms with Crippen LogP contribution in [-0.2, 0) is 17.9 Å². The summed E-state index contributed by atoms with van der Waals surface area (Å²) in [6.07, 6.45) is 11.5. The number of ether oxygens (including phenoxy) is 1. The van der Waals surface area contributed by atoms with E-state index in [1.165, 1.54) is 0 Å². The lowest BCUT2D eigenvalue weighted by Gasteiger charge is -2.29. The van der Waals surface area contributed by atoms with E-state index in [1.807, 2.05) is 50.3 Å². The van der Waals surface area contributed by atoms with Crippen LogP contribution in [0.15, 0.2) is 71.8 Å². The van der Waals surface area contributed by atoms with Gasteiger partial charge in [0.25, 0.3) is 11.5 Å². The van der Waals surface area contributed by atoms with Gasteiger partial charge < -0.3 is 25.3 Å². The van der Waals surface area contributed by atoms with Gasteiger partial charge in [-0.1, -0.05) is 19.1 Å². The molecule has 226 valence electrons. The minimum Gasteiger partial charge on any atom is -0.482 e. The smallest absolute Gasteiger partial charge is 0.278 e. The van der Waals surface area contributed by atoms with Crippen molar-refractivity contribution in [1.82, 2.24) is 23.9 Å². The molecule has 1 aliphatic heterocycles. The van der Waals surface area contributed by atoms with Crippen LogP contribution in [0.25, 0.3) is 27.6 Å². The molecule has 0 saturated heterocycles. The summed E-state index contributed by atoms with van der Waals surface area (Å²) >= 11 is 0. The zero-order valence-electron chi connectivity index (χ0n) is 25.0. The second kappa shape index (κ2) is 11.0. The first-order valence-electron chi connectivity index (χ1n) is 15.2. The zero-order valence-corrected chi connectivity index (χ0v) is 25.0. The van der Waals surface area contributed by atoms with E-state index in [0.717, 1.165) is 48.8 Å². The maximum Gasteiger partial charge on any atom is 0.278 e. The van der Waals surface area contributed by atoms with Crippen LogP contribution >= 0.6 is 0 Å². The molecule has 4 heterocycles. The van der Waals surface area contributed by atoms with E-state index in [1.54, 1.807) is 20.5 Å². The summed E-state index contributed by atoms with van der Waals surface area (Å²) in [5.41, 5.74) is 9.95. The minimum absolute atomic E-state index is 0.0119. The van der Waals surface area contributed by atoms with Gasteiger partial charge in [0.05, 0.1) is 17.9 Å². The number of nitrogens with two attached hydrogens (primary N) is 1. The lowest BCUT2D eigenvalue weighted by Crippen LogP contribution is -2.39. The Balaban J connectivity index is 1.26. The number of hydrogen-bond donors (Lipinski definition) is 2. The average molecular weight is 593 g/mol. The van der Waals surface area contributed by atoms with Gasteiger partial charge in [-0.2, -0.15) is 4.98 Å². The SMILES string of the molecule is C/C=C\Cn1c(=O)c2cnc(Nc3ccc4c(ccn4CCC4(N)CC4)c3)nc2n1-c1ccc2c(c1)N(CCC)C(=O)CO2. The number of fused-ring (bicyclic) bond motifs is 3. The molecule has 3 aromatic heterocycles. The van der Waals surface area contributed by atoms with Gasteiger partial charge >= 0.3 is 0 Å². The van der Waals surface area contributed by atoms with E-state index in [2.05, 4.69) is 39.3 Å². The molecule has 0 atom stereocenters. The summed E-state index contributed by atoms with van der Waals surface area (Å²) < 4.78 is 11.4. The summed E-state index contributed by atoms with van der Waals surface area (Å²) in [6.45, 7) is 5.78. The van der Waals surface area contributed by atoms with Crippen LogP contribution in [0.4, 0.5) is 17.3 Å². The Kier molecular flexibility index (Phi) is 6.97. The molecule has 7 rings (SSSR count). The first kappa shape index (κ1) is 27.9. The molecule has 0 unspecified atom stereocenters. The molecule has 2 aliphatic rings. The molecule has 11 nitrogen and oxygen atoms in total. The zero-order chi connectivity index (χ0) is 30.4. The highest BCUT2D eigenvalue weighted by molar-refractivity contribution is 5.98. The quantitative estimate of drug-likeness (QED) is 0.222. The van der Waals surface area contributed by atoms with Gasteiger partial charge in [-0.05, 0) is 75.1 Å². The van der Waals surface area contributed by atoms with Crippen LogP contribution in [-0.4, -0.2) is 48.5 Å². The van der Waals surface area contributed by atoms with E-state index in [4.69, 9.17) is 15.5 Å². The summed E-state index contributed by atoms with van der Waals surface area (Å²) in [4.78, 5) is 37.3. The Labute approximate surface area is 254 Å². The van der Waals surface area contributed by atoms with Crippen LogP contribution in [0.1, 0.15) is 39.5 Å². The van der Waals surface area contributed by atoms with Crippen LogP contribution in [0.2, 0.25) is 0 Å². The number of hydrogen-bond acceptors (Lipinski definition) is 7.